The molecule has 0 aliphatic rings. The van der Waals surface area contributed by atoms with Crippen LogP contribution in [-0.2, 0) is 16.1 Å². The third-order valence-electron chi connectivity index (χ3n) is 4.19. The SMILES string of the molecule is Cc1ccc(-c2nc(COC(=O)CCNC(=O)c3ccc([N+](=O)[O-])cc3)cs2)cc1. The number of esters is 1. The van der Waals surface area contributed by atoms with E-state index in [0.717, 1.165) is 10.6 Å². The maximum Gasteiger partial charge on any atom is 0.307 e. The molecule has 30 heavy (non-hydrogen) atoms. The third-order valence-corrected chi connectivity index (χ3v) is 5.13. The highest BCUT2D eigenvalue weighted by Crippen LogP contribution is 2.24. The number of ether oxygens (including phenoxy) is 1. The van der Waals surface area contributed by atoms with E-state index >= 15 is 0 Å². The Morgan fingerprint density at radius 3 is 2.50 bits per heavy atom. The van der Waals surface area contributed by atoms with Crippen LogP contribution in [-0.4, -0.2) is 28.3 Å². The van der Waals surface area contributed by atoms with Gasteiger partial charge in [0.25, 0.3) is 11.6 Å². The average Bonchev–Trinajstić information content (AvgIpc) is 3.22. The van der Waals surface area contributed by atoms with Crippen LogP contribution in [0.2, 0.25) is 0 Å². The van der Waals surface area contributed by atoms with Gasteiger partial charge in [0.2, 0.25) is 0 Å². The van der Waals surface area contributed by atoms with Crippen molar-refractivity contribution in [3.63, 3.8) is 0 Å². The van der Waals surface area contributed by atoms with Crippen LogP contribution in [0.1, 0.15) is 28.0 Å². The molecule has 0 saturated heterocycles. The van der Waals surface area contributed by atoms with Gasteiger partial charge in [-0.3, -0.25) is 19.7 Å². The summed E-state index contributed by atoms with van der Waals surface area (Å²) in [5.41, 5.74) is 3.03. The monoisotopic (exact) mass is 425 g/mol. The van der Waals surface area contributed by atoms with Crippen molar-refractivity contribution in [2.75, 3.05) is 6.54 Å². The Hall–Kier alpha value is -3.59. The lowest BCUT2D eigenvalue weighted by atomic mass is 10.2. The molecule has 1 aromatic heterocycles. The number of hydrogen-bond donors (Lipinski definition) is 1. The minimum atomic E-state index is -0.538. The van der Waals surface area contributed by atoms with E-state index in [9.17, 15) is 19.7 Å². The number of nitrogens with zero attached hydrogens (tertiary/aromatic N) is 2. The summed E-state index contributed by atoms with van der Waals surface area (Å²) in [6.45, 7) is 2.18. The lowest BCUT2D eigenvalue weighted by molar-refractivity contribution is -0.384. The Labute approximate surface area is 176 Å². The molecule has 0 atom stereocenters. The first kappa shape index (κ1) is 21.1. The summed E-state index contributed by atoms with van der Waals surface area (Å²) in [6, 6.07) is 13.3. The fourth-order valence-electron chi connectivity index (χ4n) is 2.54. The highest BCUT2D eigenvalue weighted by molar-refractivity contribution is 7.13. The van der Waals surface area contributed by atoms with Crippen molar-refractivity contribution in [1.82, 2.24) is 10.3 Å². The predicted molar refractivity (Wildman–Crippen MR) is 112 cm³/mol. The van der Waals surface area contributed by atoms with Gasteiger partial charge in [-0.05, 0) is 19.1 Å². The van der Waals surface area contributed by atoms with E-state index in [4.69, 9.17) is 4.74 Å². The number of benzene rings is 2. The first-order valence-electron chi connectivity index (χ1n) is 9.12. The molecule has 3 aromatic rings. The highest BCUT2D eigenvalue weighted by atomic mass is 32.1. The second kappa shape index (κ2) is 9.75. The van der Waals surface area contributed by atoms with E-state index in [2.05, 4.69) is 10.3 Å². The Bertz CT molecular complexity index is 1050. The molecule has 1 amide bonds. The van der Waals surface area contributed by atoms with Crippen LogP contribution < -0.4 is 5.32 Å². The smallest absolute Gasteiger partial charge is 0.307 e. The van der Waals surface area contributed by atoms with E-state index in [1.807, 2.05) is 36.6 Å². The number of amides is 1. The number of aromatic nitrogens is 1. The van der Waals surface area contributed by atoms with Gasteiger partial charge in [0.05, 0.1) is 17.0 Å². The maximum absolute atomic E-state index is 12.0. The lowest BCUT2D eigenvalue weighted by Crippen LogP contribution is -2.26. The first-order valence-corrected chi connectivity index (χ1v) is 10.00. The second-order valence-corrected chi connectivity index (χ2v) is 7.34. The fraction of sp³-hybridized carbons (Fsp3) is 0.190. The summed E-state index contributed by atoms with van der Waals surface area (Å²) in [5.74, 6) is -0.871. The highest BCUT2D eigenvalue weighted by Gasteiger charge is 2.11. The molecule has 0 aliphatic carbocycles. The summed E-state index contributed by atoms with van der Waals surface area (Å²) >= 11 is 1.48. The quantitative estimate of drug-likeness (QED) is 0.333. The molecule has 0 radical (unpaired) electrons. The van der Waals surface area contributed by atoms with Crippen molar-refractivity contribution in [2.45, 2.75) is 20.0 Å². The van der Waals surface area contributed by atoms with E-state index in [1.54, 1.807) is 0 Å². The summed E-state index contributed by atoms with van der Waals surface area (Å²) < 4.78 is 5.20. The minimum Gasteiger partial charge on any atom is -0.459 e. The first-order chi connectivity index (χ1) is 14.4. The Kier molecular flexibility index (Phi) is 6.87. The predicted octanol–water partition coefficient (Wildman–Crippen LogP) is 3.89. The van der Waals surface area contributed by atoms with Crippen LogP contribution in [0.4, 0.5) is 5.69 Å². The number of carbonyl (C=O) groups is 2. The fourth-order valence-corrected chi connectivity index (χ4v) is 3.35. The zero-order valence-electron chi connectivity index (χ0n) is 16.2. The molecule has 0 saturated carbocycles. The number of aryl methyl sites for hydroxylation is 1. The van der Waals surface area contributed by atoms with Crippen LogP contribution in [0.3, 0.4) is 0 Å². The molecule has 0 spiro atoms. The number of nitro groups is 1. The van der Waals surface area contributed by atoms with Gasteiger partial charge in [-0.25, -0.2) is 4.98 Å². The molecule has 3 rings (SSSR count). The number of nitrogens with one attached hydrogen (secondary N) is 1. The van der Waals surface area contributed by atoms with Crippen molar-refractivity contribution in [2.24, 2.45) is 0 Å². The van der Waals surface area contributed by atoms with E-state index < -0.39 is 16.8 Å². The van der Waals surface area contributed by atoms with E-state index in [1.165, 1.54) is 41.2 Å². The zero-order chi connectivity index (χ0) is 21.5. The van der Waals surface area contributed by atoms with Gasteiger partial charge in [0.15, 0.2) is 0 Å². The summed E-state index contributed by atoms with van der Waals surface area (Å²) in [5, 5.41) is 15.9. The summed E-state index contributed by atoms with van der Waals surface area (Å²) in [4.78, 5) is 38.5. The van der Waals surface area contributed by atoms with Crippen molar-refractivity contribution in [3.8, 4) is 10.6 Å². The molecule has 9 heteroatoms. The van der Waals surface area contributed by atoms with Gasteiger partial charge in [0.1, 0.15) is 11.6 Å². The van der Waals surface area contributed by atoms with Crippen LogP contribution in [0.5, 0.6) is 0 Å². The number of rotatable bonds is 8. The van der Waals surface area contributed by atoms with Crippen molar-refractivity contribution >= 4 is 28.9 Å². The largest absolute Gasteiger partial charge is 0.459 e. The number of non-ortho nitro benzene ring substituents is 1. The van der Waals surface area contributed by atoms with Gasteiger partial charge in [-0.15, -0.1) is 11.3 Å². The minimum absolute atomic E-state index is 0.00762. The molecule has 0 bridgehead atoms. The third kappa shape index (κ3) is 5.71. The van der Waals surface area contributed by atoms with Crippen LogP contribution in [0.25, 0.3) is 10.6 Å². The van der Waals surface area contributed by atoms with Gasteiger partial charge in [0, 0.05) is 35.2 Å². The van der Waals surface area contributed by atoms with Crippen molar-refractivity contribution in [3.05, 3.63) is 80.8 Å². The molecule has 1 heterocycles. The molecule has 154 valence electrons. The molecular weight excluding hydrogens is 406 g/mol. The van der Waals surface area contributed by atoms with Crippen molar-refractivity contribution < 1.29 is 19.2 Å². The second-order valence-electron chi connectivity index (χ2n) is 6.48. The van der Waals surface area contributed by atoms with E-state index in [-0.39, 0.29) is 30.8 Å². The van der Waals surface area contributed by atoms with Crippen LogP contribution in [0, 0.1) is 17.0 Å². The molecular formula is C21H19N3O5S. The molecule has 0 fully saturated rings. The number of thiazole rings is 1. The van der Waals surface area contributed by atoms with E-state index in [0.29, 0.717) is 5.69 Å². The Morgan fingerprint density at radius 1 is 1.13 bits per heavy atom. The van der Waals surface area contributed by atoms with Gasteiger partial charge < -0.3 is 10.1 Å². The molecule has 0 aliphatic heterocycles. The number of hydrogen-bond acceptors (Lipinski definition) is 7. The van der Waals surface area contributed by atoms with Crippen LogP contribution >= 0.6 is 11.3 Å². The van der Waals surface area contributed by atoms with Gasteiger partial charge in [-0.1, -0.05) is 29.8 Å². The summed E-state index contributed by atoms with van der Waals surface area (Å²) in [6.07, 6.45) is 0.00762. The Morgan fingerprint density at radius 2 is 1.83 bits per heavy atom. The van der Waals surface area contributed by atoms with Crippen molar-refractivity contribution in [1.29, 1.82) is 0 Å². The number of carbonyl (C=O) groups excluding carboxylic acids is 2. The lowest BCUT2D eigenvalue weighted by Gasteiger charge is -2.05. The number of nitro benzene ring substituents is 1. The van der Waals surface area contributed by atoms with Gasteiger partial charge >= 0.3 is 5.97 Å². The molecule has 2 aromatic carbocycles. The molecule has 8 nitrogen and oxygen atoms in total. The van der Waals surface area contributed by atoms with Crippen LogP contribution in [0.15, 0.2) is 53.9 Å². The molecule has 0 unspecified atom stereocenters. The van der Waals surface area contributed by atoms with Gasteiger partial charge in [-0.2, -0.15) is 0 Å². The normalized spacial score (nSPS) is 10.4. The summed E-state index contributed by atoms with van der Waals surface area (Å²) in [7, 11) is 0. The maximum atomic E-state index is 12.0. The molecule has 1 N–H and O–H groups in total. The zero-order valence-corrected chi connectivity index (χ0v) is 17.0. The standard InChI is InChI=1S/C21H19N3O5S/c1-14-2-4-16(5-3-14)21-23-17(13-30-21)12-29-19(25)10-11-22-20(26)15-6-8-18(9-7-15)24(27)28/h2-9,13H,10-12H2,1H3,(H,22,26). The Balaban J connectivity index is 1.41. The topological polar surface area (TPSA) is 111 Å². The average molecular weight is 425 g/mol.